The summed E-state index contributed by atoms with van der Waals surface area (Å²) >= 11 is 0. The van der Waals surface area contributed by atoms with E-state index < -0.39 is 0 Å². The third-order valence-electron chi connectivity index (χ3n) is 2.71. The van der Waals surface area contributed by atoms with Crippen molar-refractivity contribution in [3.63, 3.8) is 0 Å². The summed E-state index contributed by atoms with van der Waals surface area (Å²) in [6, 6.07) is 8.51. The van der Waals surface area contributed by atoms with Gasteiger partial charge >= 0.3 is 0 Å². The number of unbranched alkanes of at least 4 members (excludes halogenated alkanes) is 1. The Labute approximate surface area is 97.0 Å². The molecule has 0 unspecified atom stereocenters. The smallest absolute Gasteiger partial charge is 0.196 e. The minimum Gasteiger partial charge on any atom is -0.354 e. The number of aryl methyl sites for hydroxylation is 1. The Morgan fingerprint density at radius 3 is 2.44 bits per heavy atom. The van der Waals surface area contributed by atoms with Gasteiger partial charge in [0.25, 0.3) is 0 Å². The Morgan fingerprint density at radius 2 is 1.81 bits per heavy atom. The molecule has 16 heavy (non-hydrogen) atoms. The average Bonchev–Trinajstić information content (AvgIpc) is 2.81. The lowest BCUT2D eigenvalue weighted by Crippen LogP contribution is -2.23. The molecule has 0 bridgehead atoms. The predicted octanol–water partition coefficient (Wildman–Crippen LogP) is 2.21. The summed E-state index contributed by atoms with van der Waals surface area (Å²) in [4.78, 5) is 4.47. The van der Waals surface area contributed by atoms with Gasteiger partial charge in [0.05, 0.1) is 5.69 Å². The van der Waals surface area contributed by atoms with Gasteiger partial charge in [-0.1, -0.05) is 25.5 Å². The maximum atomic E-state index is 4.47. The SMILES string of the molecule is CCCCc1ccc(N=C2NCCN2)cc1. The fraction of sp³-hybridized carbons (Fsp3) is 0.462. The third-order valence-corrected chi connectivity index (χ3v) is 2.71. The van der Waals surface area contributed by atoms with Gasteiger partial charge in [-0.3, -0.25) is 0 Å². The van der Waals surface area contributed by atoms with Gasteiger partial charge in [-0.25, -0.2) is 4.99 Å². The van der Waals surface area contributed by atoms with E-state index in [9.17, 15) is 0 Å². The molecule has 0 saturated carbocycles. The Bertz CT molecular complexity index is 346. The van der Waals surface area contributed by atoms with Crippen LogP contribution in [0.3, 0.4) is 0 Å². The molecule has 2 rings (SSSR count). The fourth-order valence-electron chi connectivity index (χ4n) is 1.75. The molecule has 0 amide bonds. The van der Waals surface area contributed by atoms with Crippen LogP contribution in [0.25, 0.3) is 0 Å². The Morgan fingerprint density at radius 1 is 1.12 bits per heavy atom. The van der Waals surface area contributed by atoms with Gasteiger partial charge in [-0.2, -0.15) is 0 Å². The van der Waals surface area contributed by atoms with Crippen molar-refractivity contribution in [1.29, 1.82) is 0 Å². The molecule has 86 valence electrons. The van der Waals surface area contributed by atoms with Crippen LogP contribution in [0, 0.1) is 0 Å². The van der Waals surface area contributed by atoms with Gasteiger partial charge in [-0.15, -0.1) is 0 Å². The zero-order valence-electron chi connectivity index (χ0n) is 9.79. The maximum Gasteiger partial charge on any atom is 0.196 e. The van der Waals surface area contributed by atoms with E-state index in [0.29, 0.717) is 0 Å². The van der Waals surface area contributed by atoms with Crippen LogP contribution in [0.5, 0.6) is 0 Å². The summed E-state index contributed by atoms with van der Waals surface area (Å²) in [6.45, 7) is 4.15. The molecule has 1 fully saturated rings. The Kier molecular flexibility index (Phi) is 3.81. The van der Waals surface area contributed by atoms with Crippen LogP contribution in [-0.4, -0.2) is 19.0 Å². The number of hydrogen-bond acceptors (Lipinski definition) is 1. The van der Waals surface area contributed by atoms with Gasteiger partial charge < -0.3 is 10.6 Å². The lowest BCUT2D eigenvalue weighted by Gasteiger charge is -2.02. The Balaban J connectivity index is 1.98. The molecule has 1 aliphatic heterocycles. The van der Waals surface area contributed by atoms with Crippen molar-refractivity contribution in [2.75, 3.05) is 13.1 Å². The first-order valence-corrected chi connectivity index (χ1v) is 6.04. The summed E-state index contributed by atoms with van der Waals surface area (Å²) in [5.41, 5.74) is 2.41. The highest BCUT2D eigenvalue weighted by Gasteiger charge is 2.04. The summed E-state index contributed by atoms with van der Waals surface area (Å²) < 4.78 is 0. The van der Waals surface area contributed by atoms with Crippen LogP contribution in [0.1, 0.15) is 25.3 Å². The zero-order chi connectivity index (χ0) is 11.2. The van der Waals surface area contributed by atoms with E-state index in [-0.39, 0.29) is 0 Å². The summed E-state index contributed by atoms with van der Waals surface area (Å²) in [5.74, 6) is 0.890. The molecule has 3 heteroatoms. The van der Waals surface area contributed by atoms with E-state index in [2.05, 4.69) is 46.8 Å². The number of nitrogens with zero attached hydrogens (tertiary/aromatic N) is 1. The van der Waals surface area contributed by atoms with Crippen LogP contribution >= 0.6 is 0 Å². The number of hydrogen-bond donors (Lipinski definition) is 2. The van der Waals surface area contributed by atoms with Gasteiger partial charge in [0.15, 0.2) is 5.96 Å². The molecule has 0 atom stereocenters. The number of rotatable bonds is 4. The normalized spacial score (nSPS) is 14.4. The van der Waals surface area contributed by atoms with E-state index >= 15 is 0 Å². The van der Waals surface area contributed by atoms with Crippen LogP contribution in [0.2, 0.25) is 0 Å². The monoisotopic (exact) mass is 217 g/mol. The van der Waals surface area contributed by atoms with Gasteiger partial charge in [-0.05, 0) is 30.5 Å². The molecular formula is C13H19N3. The third kappa shape index (κ3) is 2.99. The molecule has 0 radical (unpaired) electrons. The quantitative estimate of drug-likeness (QED) is 0.811. The second-order valence-corrected chi connectivity index (χ2v) is 4.08. The van der Waals surface area contributed by atoms with Crippen LogP contribution in [-0.2, 0) is 6.42 Å². The first kappa shape index (κ1) is 11.0. The highest BCUT2D eigenvalue weighted by atomic mass is 15.2. The largest absolute Gasteiger partial charge is 0.354 e. The topological polar surface area (TPSA) is 36.4 Å². The lowest BCUT2D eigenvalue weighted by atomic mass is 10.1. The number of benzene rings is 1. The minimum absolute atomic E-state index is 0.890. The van der Waals surface area contributed by atoms with Crippen molar-refractivity contribution >= 4 is 11.6 Å². The van der Waals surface area contributed by atoms with Crippen molar-refractivity contribution in [1.82, 2.24) is 10.6 Å². The summed E-state index contributed by atoms with van der Waals surface area (Å²) in [5, 5.41) is 6.39. The zero-order valence-corrected chi connectivity index (χ0v) is 9.79. The highest BCUT2D eigenvalue weighted by Crippen LogP contribution is 2.14. The average molecular weight is 217 g/mol. The first-order chi connectivity index (χ1) is 7.88. The van der Waals surface area contributed by atoms with Gasteiger partial charge in [0.2, 0.25) is 0 Å². The van der Waals surface area contributed by atoms with E-state index in [1.54, 1.807) is 0 Å². The fourth-order valence-corrected chi connectivity index (χ4v) is 1.75. The molecule has 1 heterocycles. The molecule has 1 aliphatic rings. The molecule has 0 aromatic heterocycles. The number of nitrogens with one attached hydrogen (secondary N) is 2. The molecule has 1 saturated heterocycles. The number of aliphatic imine (C=N–C) groups is 1. The molecule has 0 aliphatic carbocycles. The van der Waals surface area contributed by atoms with Crippen molar-refractivity contribution in [2.45, 2.75) is 26.2 Å². The Hall–Kier alpha value is -1.51. The van der Waals surface area contributed by atoms with Crippen LogP contribution in [0.4, 0.5) is 5.69 Å². The summed E-state index contributed by atoms with van der Waals surface area (Å²) in [7, 11) is 0. The van der Waals surface area contributed by atoms with E-state index in [1.807, 2.05) is 0 Å². The van der Waals surface area contributed by atoms with Gasteiger partial charge in [0.1, 0.15) is 0 Å². The van der Waals surface area contributed by atoms with E-state index in [0.717, 1.165) is 24.7 Å². The summed E-state index contributed by atoms with van der Waals surface area (Å²) in [6.07, 6.45) is 3.68. The van der Waals surface area contributed by atoms with Crippen molar-refractivity contribution in [3.05, 3.63) is 29.8 Å². The van der Waals surface area contributed by atoms with Gasteiger partial charge in [0, 0.05) is 13.1 Å². The van der Waals surface area contributed by atoms with Crippen molar-refractivity contribution < 1.29 is 0 Å². The van der Waals surface area contributed by atoms with Crippen molar-refractivity contribution in [3.8, 4) is 0 Å². The molecule has 3 nitrogen and oxygen atoms in total. The van der Waals surface area contributed by atoms with Crippen LogP contribution < -0.4 is 10.6 Å². The second kappa shape index (κ2) is 5.54. The molecule has 1 aromatic carbocycles. The van der Waals surface area contributed by atoms with Crippen molar-refractivity contribution in [2.24, 2.45) is 4.99 Å². The molecule has 0 spiro atoms. The molecule has 2 N–H and O–H groups in total. The molecule has 1 aromatic rings. The second-order valence-electron chi connectivity index (χ2n) is 4.08. The minimum atomic E-state index is 0.890. The van der Waals surface area contributed by atoms with Crippen LogP contribution in [0.15, 0.2) is 29.3 Å². The standard InChI is InChI=1S/C13H19N3/c1-2-3-4-11-5-7-12(8-6-11)16-13-14-9-10-15-13/h5-8H,2-4,9-10H2,1H3,(H2,14,15,16). The van der Waals surface area contributed by atoms with E-state index in [4.69, 9.17) is 0 Å². The lowest BCUT2D eigenvalue weighted by molar-refractivity contribution is 0.795. The first-order valence-electron chi connectivity index (χ1n) is 6.04. The van der Waals surface area contributed by atoms with E-state index in [1.165, 1.54) is 24.8 Å². The maximum absolute atomic E-state index is 4.47. The molecular weight excluding hydrogens is 198 g/mol. The number of guanidine groups is 1. The highest BCUT2D eigenvalue weighted by molar-refractivity contribution is 5.84. The predicted molar refractivity (Wildman–Crippen MR) is 68.2 cm³/mol.